The van der Waals surface area contributed by atoms with E-state index in [0.717, 1.165) is 36.1 Å². The Morgan fingerprint density at radius 1 is 1.35 bits per heavy atom. The molecule has 2 rings (SSSR count). The third kappa shape index (κ3) is 5.90. The third-order valence-corrected chi connectivity index (χ3v) is 4.28. The summed E-state index contributed by atoms with van der Waals surface area (Å²) < 4.78 is 5.24. The number of guanidine groups is 1. The summed E-state index contributed by atoms with van der Waals surface area (Å²) in [6.07, 6.45) is 3.93. The van der Waals surface area contributed by atoms with Crippen LogP contribution in [0.3, 0.4) is 0 Å². The molecular formula is C17H24N4OS. The number of methoxy groups -OCH3 is 1. The van der Waals surface area contributed by atoms with E-state index in [1.807, 2.05) is 18.3 Å². The lowest BCUT2D eigenvalue weighted by Gasteiger charge is -2.11. The molecule has 0 aliphatic rings. The molecule has 2 aromatic rings. The Labute approximate surface area is 141 Å². The maximum absolute atomic E-state index is 5.24. The van der Waals surface area contributed by atoms with Gasteiger partial charge in [-0.1, -0.05) is 12.1 Å². The van der Waals surface area contributed by atoms with Crippen LogP contribution >= 0.6 is 11.3 Å². The predicted molar refractivity (Wildman–Crippen MR) is 96.4 cm³/mol. The Bertz CT molecular complexity index is 639. The lowest BCUT2D eigenvalue weighted by atomic mass is 10.1. The average molecular weight is 332 g/mol. The first-order valence-corrected chi connectivity index (χ1v) is 8.51. The molecule has 2 N–H and O–H groups in total. The lowest BCUT2D eigenvalue weighted by Crippen LogP contribution is -2.37. The molecule has 0 saturated heterocycles. The Kier molecular flexibility index (Phi) is 6.87. The average Bonchev–Trinajstić information content (AvgIpc) is 3.00. The fraction of sp³-hybridized carbons (Fsp3) is 0.412. The number of ether oxygens (including phenoxy) is 1. The van der Waals surface area contributed by atoms with Crippen LogP contribution in [0, 0.1) is 6.92 Å². The first-order valence-electron chi connectivity index (χ1n) is 7.70. The van der Waals surface area contributed by atoms with Crippen molar-refractivity contribution in [3.8, 4) is 5.75 Å². The highest BCUT2D eigenvalue weighted by Crippen LogP contribution is 2.13. The zero-order chi connectivity index (χ0) is 16.5. The van der Waals surface area contributed by atoms with Crippen LogP contribution in [0.15, 0.2) is 35.5 Å². The Balaban J connectivity index is 1.69. The summed E-state index contributed by atoms with van der Waals surface area (Å²) in [5.74, 6) is 1.72. The first-order chi connectivity index (χ1) is 11.2. The van der Waals surface area contributed by atoms with E-state index >= 15 is 0 Å². The number of benzene rings is 1. The number of hydrogen-bond acceptors (Lipinski definition) is 4. The van der Waals surface area contributed by atoms with Crippen molar-refractivity contribution >= 4 is 17.3 Å². The number of aryl methyl sites for hydroxylation is 2. The highest BCUT2D eigenvalue weighted by Gasteiger charge is 2.02. The molecule has 1 aromatic heterocycles. The fourth-order valence-electron chi connectivity index (χ4n) is 2.19. The van der Waals surface area contributed by atoms with Gasteiger partial charge in [0.05, 0.1) is 13.7 Å². The van der Waals surface area contributed by atoms with Crippen molar-refractivity contribution < 1.29 is 4.74 Å². The molecule has 0 aliphatic carbocycles. The summed E-state index contributed by atoms with van der Waals surface area (Å²) in [6, 6.07) is 8.20. The van der Waals surface area contributed by atoms with Gasteiger partial charge in [-0.2, -0.15) is 0 Å². The number of aliphatic imine (C=N–C) groups is 1. The highest BCUT2D eigenvalue weighted by atomic mass is 32.1. The van der Waals surface area contributed by atoms with Gasteiger partial charge in [0.15, 0.2) is 5.96 Å². The van der Waals surface area contributed by atoms with Gasteiger partial charge in [-0.25, -0.2) is 4.98 Å². The summed E-state index contributed by atoms with van der Waals surface area (Å²) in [4.78, 5) is 9.79. The summed E-state index contributed by atoms with van der Waals surface area (Å²) in [5.41, 5.74) is 1.28. The predicted octanol–water partition coefficient (Wildman–Crippen LogP) is 2.76. The summed E-state index contributed by atoms with van der Waals surface area (Å²) in [6.45, 7) is 3.63. The molecule has 0 saturated carbocycles. The second-order valence-corrected chi connectivity index (χ2v) is 6.49. The minimum Gasteiger partial charge on any atom is -0.497 e. The van der Waals surface area contributed by atoms with Gasteiger partial charge in [-0.3, -0.25) is 4.99 Å². The smallest absolute Gasteiger partial charge is 0.191 e. The lowest BCUT2D eigenvalue weighted by molar-refractivity contribution is 0.414. The topological polar surface area (TPSA) is 58.5 Å². The molecule has 5 nitrogen and oxygen atoms in total. The monoisotopic (exact) mass is 332 g/mol. The van der Waals surface area contributed by atoms with Crippen LogP contribution in [-0.2, 0) is 13.0 Å². The van der Waals surface area contributed by atoms with Crippen molar-refractivity contribution in [3.63, 3.8) is 0 Å². The number of aromatic nitrogens is 1. The molecule has 23 heavy (non-hydrogen) atoms. The van der Waals surface area contributed by atoms with Crippen LogP contribution in [0.5, 0.6) is 5.75 Å². The molecule has 0 unspecified atom stereocenters. The van der Waals surface area contributed by atoms with Crippen molar-refractivity contribution in [3.05, 3.63) is 45.9 Å². The van der Waals surface area contributed by atoms with E-state index in [4.69, 9.17) is 4.74 Å². The summed E-state index contributed by atoms with van der Waals surface area (Å²) in [5, 5.41) is 7.68. The minimum absolute atomic E-state index is 0.702. The Hall–Kier alpha value is -2.08. The number of hydrogen-bond donors (Lipinski definition) is 2. The van der Waals surface area contributed by atoms with Crippen molar-refractivity contribution in [1.29, 1.82) is 0 Å². The molecule has 1 heterocycles. The number of nitrogens with one attached hydrogen (secondary N) is 2. The fourth-order valence-corrected chi connectivity index (χ4v) is 2.92. The van der Waals surface area contributed by atoms with E-state index in [1.54, 1.807) is 25.5 Å². The minimum atomic E-state index is 0.702. The highest BCUT2D eigenvalue weighted by molar-refractivity contribution is 7.11. The van der Waals surface area contributed by atoms with Crippen molar-refractivity contribution in [2.45, 2.75) is 26.3 Å². The van der Waals surface area contributed by atoms with Crippen molar-refractivity contribution in [2.75, 3.05) is 20.7 Å². The SMILES string of the molecule is CN=C(NCCCc1cccc(OC)c1)NCc1ncc(C)s1. The van der Waals surface area contributed by atoms with E-state index in [0.29, 0.717) is 6.54 Å². The van der Waals surface area contributed by atoms with E-state index in [-0.39, 0.29) is 0 Å². The summed E-state index contributed by atoms with van der Waals surface area (Å²) >= 11 is 1.70. The summed E-state index contributed by atoms with van der Waals surface area (Å²) in [7, 11) is 3.48. The quantitative estimate of drug-likeness (QED) is 0.465. The van der Waals surface area contributed by atoms with Crippen LogP contribution in [0.4, 0.5) is 0 Å². The van der Waals surface area contributed by atoms with Gasteiger partial charge in [0.25, 0.3) is 0 Å². The molecule has 0 radical (unpaired) electrons. The van der Waals surface area contributed by atoms with Crippen LogP contribution < -0.4 is 15.4 Å². The van der Waals surface area contributed by atoms with E-state index < -0.39 is 0 Å². The molecule has 0 fully saturated rings. The van der Waals surface area contributed by atoms with Gasteiger partial charge in [-0.15, -0.1) is 11.3 Å². The van der Waals surface area contributed by atoms with Crippen LogP contribution in [-0.4, -0.2) is 31.6 Å². The van der Waals surface area contributed by atoms with Gasteiger partial charge < -0.3 is 15.4 Å². The van der Waals surface area contributed by atoms with Crippen molar-refractivity contribution in [1.82, 2.24) is 15.6 Å². The second kappa shape index (κ2) is 9.15. The molecular weight excluding hydrogens is 308 g/mol. The Morgan fingerprint density at radius 2 is 2.22 bits per heavy atom. The van der Waals surface area contributed by atoms with Crippen LogP contribution in [0.1, 0.15) is 21.9 Å². The van der Waals surface area contributed by atoms with Crippen LogP contribution in [0.2, 0.25) is 0 Å². The second-order valence-electron chi connectivity index (χ2n) is 5.17. The van der Waals surface area contributed by atoms with Crippen molar-refractivity contribution in [2.24, 2.45) is 4.99 Å². The van der Waals surface area contributed by atoms with Gasteiger partial charge in [0, 0.05) is 24.7 Å². The number of nitrogens with zero attached hydrogens (tertiary/aromatic N) is 2. The third-order valence-electron chi connectivity index (χ3n) is 3.37. The van der Waals surface area contributed by atoms with Gasteiger partial charge >= 0.3 is 0 Å². The number of rotatable bonds is 7. The first kappa shape index (κ1) is 17.3. The van der Waals surface area contributed by atoms with Gasteiger partial charge in [-0.05, 0) is 37.5 Å². The molecule has 124 valence electrons. The largest absolute Gasteiger partial charge is 0.497 e. The number of thiazole rings is 1. The van der Waals surface area contributed by atoms with Gasteiger partial charge in [0.1, 0.15) is 10.8 Å². The van der Waals surface area contributed by atoms with E-state index in [9.17, 15) is 0 Å². The molecule has 1 aromatic carbocycles. The standard InChI is InChI=1S/C17H24N4OS/c1-13-11-20-16(23-13)12-21-17(18-2)19-9-5-7-14-6-4-8-15(10-14)22-3/h4,6,8,10-11H,5,7,9,12H2,1-3H3,(H2,18,19,21). The van der Waals surface area contributed by atoms with Gasteiger partial charge in [0.2, 0.25) is 0 Å². The normalized spacial score (nSPS) is 11.3. The van der Waals surface area contributed by atoms with E-state index in [2.05, 4.69) is 39.7 Å². The molecule has 0 spiro atoms. The molecule has 0 bridgehead atoms. The van der Waals surface area contributed by atoms with Crippen LogP contribution in [0.25, 0.3) is 0 Å². The molecule has 6 heteroatoms. The maximum atomic E-state index is 5.24. The van der Waals surface area contributed by atoms with E-state index in [1.165, 1.54) is 10.4 Å². The zero-order valence-corrected chi connectivity index (χ0v) is 14.7. The molecule has 0 aliphatic heterocycles. The maximum Gasteiger partial charge on any atom is 0.191 e. The Morgan fingerprint density at radius 3 is 2.91 bits per heavy atom. The molecule has 0 atom stereocenters. The zero-order valence-electron chi connectivity index (χ0n) is 13.9. The molecule has 0 amide bonds.